The fraction of sp³-hybridized carbons (Fsp3) is 0.278. The summed E-state index contributed by atoms with van der Waals surface area (Å²) in [5.74, 6) is 0.660. The Morgan fingerprint density at radius 3 is 2.78 bits per heavy atom. The van der Waals surface area contributed by atoms with Gasteiger partial charge in [0, 0.05) is 16.7 Å². The van der Waals surface area contributed by atoms with Gasteiger partial charge >= 0.3 is 6.03 Å². The molecule has 2 aromatic rings. The van der Waals surface area contributed by atoms with Crippen LogP contribution in [0.2, 0.25) is 0 Å². The SMILES string of the molecule is CC[C@@H]1CN(C(=O)Nc2ccccc2OC)c2ccccc2S1. The number of para-hydroxylation sites is 3. The highest BCUT2D eigenvalue weighted by molar-refractivity contribution is 8.00. The molecule has 0 fully saturated rings. The molecule has 0 spiro atoms. The van der Waals surface area contributed by atoms with Crippen molar-refractivity contribution in [2.75, 3.05) is 23.9 Å². The summed E-state index contributed by atoms with van der Waals surface area (Å²) < 4.78 is 5.31. The Bertz CT molecular complexity index is 705. The summed E-state index contributed by atoms with van der Waals surface area (Å²) in [5, 5.41) is 3.38. The number of carbonyl (C=O) groups excluding carboxylic acids is 1. The number of nitrogens with zero attached hydrogens (tertiary/aromatic N) is 1. The number of ether oxygens (including phenoxy) is 1. The number of rotatable bonds is 3. The van der Waals surface area contributed by atoms with Crippen molar-refractivity contribution in [2.45, 2.75) is 23.5 Å². The van der Waals surface area contributed by atoms with Gasteiger partial charge in [0.15, 0.2) is 0 Å². The van der Waals surface area contributed by atoms with Crippen LogP contribution in [0.5, 0.6) is 5.75 Å². The van der Waals surface area contributed by atoms with Crippen LogP contribution in [0.1, 0.15) is 13.3 Å². The number of carbonyl (C=O) groups is 1. The van der Waals surface area contributed by atoms with E-state index >= 15 is 0 Å². The van der Waals surface area contributed by atoms with Crippen molar-refractivity contribution in [2.24, 2.45) is 0 Å². The van der Waals surface area contributed by atoms with Crippen LogP contribution in [0.4, 0.5) is 16.2 Å². The third kappa shape index (κ3) is 3.29. The molecule has 120 valence electrons. The molecule has 0 bridgehead atoms. The van der Waals surface area contributed by atoms with E-state index in [0.717, 1.165) is 17.0 Å². The maximum Gasteiger partial charge on any atom is 0.326 e. The molecule has 5 heteroatoms. The lowest BCUT2D eigenvalue weighted by molar-refractivity contribution is 0.256. The van der Waals surface area contributed by atoms with E-state index in [9.17, 15) is 4.79 Å². The third-order valence-corrected chi connectivity index (χ3v) is 5.30. The van der Waals surface area contributed by atoms with Crippen molar-refractivity contribution < 1.29 is 9.53 Å². The van der Waals surface area contributed by atoms with E-state index in [2.05, 4.69) is 18.3 Å². The first kappa shape index (κ1) is 15.7. The van der Waals surface area contributed by atoms with E-state index in [0.29, 0.717) is 23.2 Å². The second-order valence-electron chi connectivity index (χ2n) is 5.36. The van der Waals surface area contributed by atoms with Crippen LogP contribution in [0.3, 0.4) is 0 Å². The van der Waals surface area contributed by atoms with Crippen LogP contribution in [-0.4, -0.2) is 24.9 Å². The highest BCUT2D eigenvalue weighted by atomic mass is 32.2. The number of methoxy groups -OCH3 is 1. The topological polar surface area (TPSA) is 41.6 Å². The summed E-state index contributed by atoms with van der Waals surface area (Å²) in [7, 11) is 1.60. The zero-order valence-corrected chi connectivity index (χ0v) is 14.1. The number of amides is 2. The molecule has 1 atom stereocenters. The molecule has 0 saturated heterocycles. The molecule has 0 aliphatic carbocycles. The second-order valence-corrected chi connectivity index (χ2v) is 6.70. The Morgan fingerprint density at radius 2 is 2.00 bits per heavy atom. The minimum atomic E-state index is -0.124. The molecule has 1 aliphatic heterocycles. The van der Waals surface area contributed by atoms with Gasteiger partial charge in [-0.05, 0) is 30.7 Å². The number of urea groups is 1. The van der Waals surface area contributed by atoms with E-state index in [-0.39, 0.29) is 6.03 Å². The van der Waals surface area contributed by atoms with Gasteiger partial charge in [-0.3, -0.25) is 4.90 Å². The normalized spacial score (nSPS) is 16.6. The fourth-order valence-corrected chi connectivity index (χ4v) is 3.84. The van der Waals surface area contributed by atoms with Crippen LogP contribution in [0.15, 0.2) is 53.4 Å². The molecule has 1 aliphatic rings. The maximum absolute atomic E-state index is 12.8. The summed E-state index contributed by atoms with van der Waals surface area (Å²) in [5.41, 5.74) is 1.65. The number of hydrogen-bond donors (Lipinski definition) is 1. The highest BCUT2D eigenvalue weighted by Crippen LogP contribution is 2.39. The Balaban J connectivity index is 1.87. The fourth-order valence-electron chi connectivity index (χ4n) is 2.63. The summed E-state index contributed by atoms with van der Waals surface area (Å²) >= 11 is 1.85. The second kappa shape index (κ2) is 6.96. The first-order valence-corrected chi connectivity index (χ1v) is 8.58. The van der Waals surface area contributed by atoms with Crippen molar-refractivity contribution in [3.63, 3.8) is 0 Å². The van der Waals surface area contributed by atoms with Crippen molar-refractivity contribution in [3.8, 4) is 5.75 Å². The predicted octanol–water partition coefficient (Wildman–Crippen LogP) is 4.62. The van der Waals surface area contributed by atoms with E-state index in [1.165, 1.54) is 0 Å². The number of anilines is 2. The molecule has 0 radical (unpaired) electrons. The zero-order valence-electron chi connectivity index (χ0n) is 13.3. The van der Waals surface area contributed by atoms with Gasteiger partial charge in [-0.2, -0.15) is 0 Å². The van der Waals surface area contributed by atoms with E-state index < -0.39 is 0 Å². The van der Waals surface area contributed by atoms with Crippen molar-refractivity contribution in [3.05, 3.63) is 48.5 Å². The Labute approximate surface area is 140 Å². The Kier molecular flexibility index (Phi) is 4.76. The van der Waals surface area contributed by atoms with Gasteiger partial charge in [-0.25, -0.2) is 4.79 Å². The van der Waals surface area contributed by atoms with Crippen molar-refractivity contribution >= 4 is 29.2 Å². The highest BCUT2D eigenvalue weighted by Gasteiger charge is 2.28. The quantitative estimate of drug-likeness (QED) is 0.894. The van der Waals surface area contributed by atoms with Gasteiger partial charge in [0.05, 0.1) is 18.5 Å². The largest absolute Gasteiger partial charge is 0.495 e. The molecule has 1 N–H and O–H groups in total. The average Bonchev–Trinajstić information content (AvgIpc) is 2.61. The minimum Gasteiger partial charge on any atom is -0.495 e. The molecule has 0 aromatic heterocycles. The Morgan fingerprint density at radius 1 is 1.26 bits per heavy atom. The molecule has 2 amide bonds. The van der Waals surface area contributed by atoms with E-state index in [1.54, 1.807) is 7.11 Å². The molecular formula is C18H20N2O2S. The van der Waals surface area contributed by atoms with Gasteiger partial charge in [0.25, 0.3) is 0 Å². The van der Waals surface area contributed by atoms with Gasteiger partial charge in [0.1, 0.15) is 5.75 Å². The van der Waals surface area contributed by atoms with E-state index in [1.807, 2.05) is 59.1 Å². The third-order valence-electron chi connectivity index (χ3n) is 3.88. The molecule has 3 rings (SSSR count). The smallest absolute Gasteiger partial charge is 0.326 e. The number of benzene rings is 2. The molecule has 0 unspecified atom stereocenters. The number of fused-ring (bicyclic) bond motifs is 1. The minimum absolute atomic E-state index is 0.124. The Hall–Kier alpha value is -2.14. The number of nitrogens with one attached hydrogen (secondary N) is 1. The molecule has 0 saturated carbocycles. The van der Waals surface area contributed by atoms with Gasteiger partial charge < -0.3 is 10.1 Å². The van der Waals surface area contributed by atoms with Gasteiger partial charge in [-0.15, -0.1) is 11.8 Å². The van der Waals surface area contributed by atoms with Crippen molar-refractivity contribution in [1.29, 1.82) is 0 Å². The van der Waals surface area contributed by atoms with Crippen molar-refractivity contribution in [1.82, 2.24) is 0 Å². The average molecular weight is 328 g/mol. The predicted molar refractivity (Wildman–Crippen MR) is 95.7 cm³/mol. The van der Waals surface area contributed by atoms with Crippen LogP contribution in [-0.2, 0) is 0 Å². The van der Waals surface area contributed by atoms with Crippen LogP contribution < -0.4 is 15.0 Å². The molecule has 23 heavy (non-hydrogen) atoms. The summed E-state index contributed by atoms with van der Waals surface area (Å²) in [6.07, 6.45) is 1.03. The lowest BCUT2D eigenvalue weighted by Crippen LogP contribution is -2.41. The molecular weight excluding hydrogens is 308 g/mol. The van der Waals surface area contributed by atoms with Crippen LogP contribution in [0, 0.1) is 0 Å². The first-order valence-electron chi connectivity index (χ1n) is 7.70. The monoisotopic (exact) mass is 328 g/mol. The molecule has 4 nitrogen and oxygen atoms in total. The van der Waals surface area contributed by atoms with Gasteiger partial charge in [-0.1, -0.05) is 31.2 Å². The molecule has 2 aromatic carbocycles. The lowest BCUT2D eigenvalue weighted by atomic mass is 10.2. The standard InChI is InChI=1S/C18H20N2O2S/c1-3-13-12-20(15-9-5-7-11-17(15)23-13)18(21)19-14-8-4-6-10-16(14)22-2/h4-11,13H,3,12H2,1-2H3,(H,19,21)/t13-/m1/s1. The first-order chi connectivity index (χ1) is 11.2. The summed E-state index contributed by atoms with van der Waals surface area (Å²) in [6.45, 7) is 2.86. The molecule has 1 heterocycles. The maximum atomic E-state index is 12.8. The number of hydrogen-bond acceptors (Lipinski definition) is 3. The summed E-state index contributed by atoms with van der Waals surface area (Å²) in [6, 6.07) is 15.4. The van der Waals surface area contributed by atoms with Crippen LogP contribution in [0.25, 0.3) is 0 Å². The van der Waals surface area contributed by atoms with Crippen LogP contribution >= 0.6 is 11.8 Å². The van der Waals surface area contributed by atoms with Gasteiger partial charge in [0.2, 0.25) is 0 Å². The lowest BCUT2D eigenvalue weighted by Gasteiger charge is -2.33. The number of thioether (sulfide) groups is 1. The van der Waals surface area contributed by atoms with E-state index in [4.69, 9.17) is 4.74 Å². The summed E-state index contributed by atoms with van der Waals surface area (Å²) in [4.78, 5) is 15.8. The zero-order chi connectivity index (χ0) is 16.2.